The maximum Gasteiger partial charge on any atom is 0.0226 e. The summed E-state index contributed by atoms with van der Waals surface area (Å²) in [6, 6.07) is 0. The lowest BCUT2D eigenvalue weighted by Gasteiger charge is -2.13. The summed E-state index contributed by atoms with van der Waals surface area (Å²) in [5.41, 5.74) is 0. The number of allylic oxidation sites excluding steroid dienone is 2. The molecular weight excluding hydrogens is 168 g/mol. The first-order valence-corrected chi connectivity index (χ1v) is 5.16. The molecular formula is C11H17Cl. The van der Waals surface area contributed by atoms with Gasteiger partial charge in [0.1, 0.15) is 0 Å². The maximum absolute atomic E-state index is 5.73. The molecule has 0 radical (unpaired) electrons. The fourth-order valence-electron chi connectivity index (χ4n) is 2.16. The van der Waals surface area contributed by atoms with Crippen molar-refractivity contribution in [2.75, 3.05) is 5.88 Å². The van der Waals surface area contributed by atoms with Crippen LogP contribution in [-0.4, -0.2) is 5.88 Å². The fourth-order valence-corrected chi connectivity index (χ4v) is 2.44. The summed E-state index contributed by atoms with van der Waals surface area (Å²) in [5, 5.41) is 0. The summed E-state index contributed by atoms with van der Waals surface area (Å²) in [6.07, 6.45) is 7.77. The molecule has 3 atom stereocenters. The Morgan fingerprint density at radius 1 is 1.25 bits per heavy atom. The van der Waals surface area contributed by atoms with E-state index in [0.717, 1.165) is 18.2 Å². The number of hydrogen-bond acceptors (Lipinski definition) is 0. The van der Waals surface area contributed by atoms with Gasteiger partial charge >= 0.3 is 0 Å². The van der Waals surface area contributed by atoms with E-state index in [1.807, 2.05) is 0 Å². The minimum atomic E-state index is 0.673. The average Bonchev–Trinajstić information content (AvgIpc) is 2.48. The first kappa shape index (κ1) is 9.85. The van der Waals surface area contributed by atoms with Crippen molar-refractivity contribution < 1.29 is 0 Å². The molecule has 0 saturated heterocycles. The summed E-state index contributed by atoms with van der Waals surface area (Å²) in [6.45, 7) is 7.71. The SMILES string of the molecule is C=CC1CC(C=C)C(CCCl)C1. The van der Waals surface area contributed by atoms with Crippen molar-refractivity contribution in [3.63, 3.8) is 0 Å². The highest BCUT2D eigenvalue weighted by Gasteiger charge is 2.29. The topological polar surface area (TPSA) is 0 Å². The Morgan fingerprint density at radius 2 is 2.00 bits per heavy atom. The Kier molecular flexibility index (Phi) is 3.87. The third-order valence-electron chi connectivity index (χ3n) is 2.90. The number of halogens is 1. The largest absolute Gasteiger partial charge is 0.127 e. The van der Waals surface area contributed by atoms with Crippen LogP contribution in [0.15, 0.2) is 25.3 Å². The van der Waals surface area contributed by atoms with E-state index < -0.39 is 0 Å². The van der Waals surface area contributed by atoms with Crippen molar-refractivity contribution in [3.8, 4) is 0 Å². The second-order valence-electron chi connectivity index (χ2n) is 3.60. The smallest absolute Gasteiger partial charge is 0.0226 e. The van der Waals surface area contributed by atoms with Gasteiger partial charge in [0.05, 0.1) is 0 Å². The lowest BCUT2D eigenvalue weighted by Crippen LogP contribution is -2.04. The van der Waals surface area contributed by atoms with Gasteiger partial charge in [0.25, 0.3) is 0 Å². The van der Waals surface area contributed by atoms with E-state index in [1.165, 1.54) is 12.8 Å². The normalized spacial score (nSPS) is 34.9. The molecule has 0 amide bonds. The molecule has 0 nitrogen and oxygen atoms in total. The van der Waals surface area contributed by atoms with Crippen molar-refractivity contribution >= 4 is 11.6 Å². The highest BCUT2D eigenvalue weighted by atomic mass is 35.5. The molecule has 0 aromatic rings. The summed E-state index contributed by atoms with van der Waals surface area (Å²) < 4.78 is 0. The zero-order chi connectivity index (χ0) is 8.97. The maximum atomic E-state index is 5.73. The van der Waals surface area contributed by atoms with Crippen LogP contribution in [0.2, 0.25) is 0 Å². The van der Waals surface area contributed by atoms with Crippen LogP contribution in [0.4, 0.5) is 0 Å². The number of alkyl halides is 1. The molecule has 0 spiro atoms. The van der Waals surface area contributed by atoms with Crippen LogP contribution in [0, 0.1) is 17.8 Å². The van der Waals surface area contributed by atoms with Gasteiger partial charge in [0.15, 0.2) is 0 Å². The van der Waals surface area contributed by atoms with E-state index in [0.29, 0.717) is 11.8 Å². The van der Waals surface area contributed by atoms with E-state index in [4.69, 9.17) is 11.6 Å². The molecule has 0 bridgehead atoms. The van der Waals surface area contributed by atoms with Gasteiger partial charge in [-0.15, -0.1) is 24.8 Å². The second kappa shape index (κ2) is 4.71. The molecule has 1 aliphatic rings. The van der Waals surface area contributed by atoms with Gasteiger partial charge in [-0.1, -0.05) is 12.2 Å². The quantitative estimate of drug-likeness (QED) is 0.463. The van der Waals surface area contributed by atoms with Gasteiger partial charge in [-0.05, 0) is 37.0 Å². The van der Waals surface area contributed by atoms with E-state index in [1.54, 1.807) is 0 Å². The molecule has 0 N–H and O–H groups in total. The van der Waals surface area contributed by atoms with E-state index in [-0.39, 0.29) is 0 Å². The first-order valence-electron chi connectivity index (χ1n) is 4.62. The molecule has 1 aliphatic carbocycles. The van der Waals surface area contributed by atoms with Crippen LogP contribution in [0.1, 0.15) is 19.3 Å². The Balaban J connectivity index is 2.49. The first-order chi connectivity index (χ1) is 5.81. The molecule has 1 heteroatoms. The molecule has 68 valence electrons. The van der Waals surface area contributed by atoms with Gasteiger partial charge in [-0.25, -0.2) is 0 Å². The van der Waals surface area contributed by atoms with Gasteiger partial charge in [-0.2, -0.15) is 0 Å². The molecule has 0 aromatic carbocycles. The number of hydrogen-bond donors (Lipinski definition) is 0. The summed E-state index contributed by atoms with van der Waals surface area (Å²) in [4.78, 5) is 0. The molecule has 0 heterocycles. The van der Waals surface area contributed by atoms with Crippen molar-refractivity contribution in [1.82, 2.24) is 0 Å². The summed E-state index contributed by atoms with van der Waals surface area (Å²) >= 11 is 5.73. The van der Waals surface area contributed by atoms with Gasteiger partial charge in [0.2, 0.25) is 0 Å². The number of rotatable bonds is 4. The lowest BCUT2D eigenvalue weighted by molar-refractivity contribution is 0.446. The van der Waals surface area contributed by atoms with Crippen LogP contribution >= 0.6 is 11.6 Å². The van der Waals surface area contributed by atoms with Gasteiger partial charge < -0.3 is 0 Å². The Bertz CT molecular complexity index is 162. The third-order valence-corrected chi connectivity index (χ3v) is 3.12. The van der Waals surface area contributed by atoms with Crippen LogP contribution in [0.25, 0.3) is 0 Å². The molecule has 3 unspecified atom stereocenters. The van der Waals surface area contributed by atoms with Crippen molar-refractivity contribution in [3.05, 3.63) is 25.3 Å². The molecule has 1 saturated carbocycles. The molecule has 12 heavy (non-hydrogen) atoms. The Morgan fingerprint density at radius 3 is 2.50 bits per heavy atom. The second-order valence-corrected chi connectivity index (χ2v) is 3.98. The predicted molar refractivity (Wildman–Crippen MR) is 55.4 cm³/mol. The Hall–Kier alpha value is -0.230. The van der Waals surface area contributed by atoms with E-state index in [9.17, 15) is 0 Å². The lowest BCUT2D eigenvalue weighted by atomic mass is 9.94. The summed E-state index contributed by atoms with van der Waals surface area (Å²) in [5.74, 6) is 2.90. The zero-order valence-electron chi connectivity index (χ0n) is 7.51. The molecule has 1 rings (SSSR count). The predicted octanol–water partition coefficient (Wildman–Crippen LogP) is 3.63. The Labute approximate surface area is 80.3 Å². The highest BCUT2D eigenvalue weighted by Crippen LogP contribution is 2.39. The molecule has 0 aliphatic heterocycles. The third kappa shape index (κ3) is 2.13. The standard InChI is InChI=1S/C11H17Cl/c1-3-9-7-10(4-2)11(8-9)5-6-12/h3-4,9-11H,1-2,5-8H2. The zero-order valence-corrected chi connectivity index (χ0v) is 8.26. The molecule has 1 fully saturated rings. The summed E-state index contributed by atoms with van der Waals surface area (Å²) in [7, 11) is 0. The van der Waals surface area contributed by atoms with Gasteiger partial charge in [-0.3, -0.25) is 0 Å². The highest BCUT2D eigenvalue weighted by molar-refractivity contribution is 6.17. The van der Waals surface area contributed by atoms with Gasteiger partial charge in [0, 0.05) is 5.88 Å². The minimum Gasteiger partial charge on any atom is -0.127 e. The van der Waals surface area contributed by atoms with Crippen LogP contribution in [-0.2, 0) is 0 Å². The van der Waals surface area contributed by atoms with Crippen molar-refractivity contribution in [2.45, 2.75) is 19.3 Å². The van der Waals surface area contributed by atoms with Crippen molar-refractivity contribution in [1.29, 1.82) is 0 Å². The van der Waals surface area contributed by atoms with Crippen molar-refractivity contribution in [2.24, 2.45) is 17.8 Å². The van der Waals surface area contributed by atoms with E-state index >= 15 is 0 Å². The van der Waals surface area contributed by atoms with E-state index in [2.05, 4.69) is 25.3 Å². The monoisotopic (exact) mass is 184 g/mol. The van der Waals surface area contributed by atoms with Crippen LogP contribution in [0.5, 0.6) is 0 Å². The minimum absolute atomic E-state index is 0.673. The average molecular weight is 185 g/mol. The molecule has 0 aromatic heterocycles. The van der Waals surface area contributed by atoms with Crippen LogP contribution in [0.3, 0.4) is 0 Å². The van der Waals surface area contributed by atoms with Crippen LogP contribution < -0.4 is 0 Å². The fraction of sp³-hybridized carbons (Fsp3) is 0.636.